The third-order valence-corrected chi connectivity index (χ3v) is 6.24. The van der Waals surface area contributed by atoms with Crippen LogP contribution in [0.2, 0.25) is 0 Å². The van der Waals surface area contributed by atoms with Gasteiger partial charge in [-0.2, -0.15) is 11.8 Å². The first-order valence-electron chi connectivity index (χ1n) is 6.55. The third kappa shape index (κ3) is 2.18. The van der Waals surface area contributed by atoms with E-state index in [0.717, 1.165) is 34.3 Å². The molecule has 98 valence electrons. The quantitative estimate of drug-likeness (QED) is 0.797. The second-order valence-electron chi connectivity index (χ2n) is 5.15. The topological polar surface area (TPSA) is 33.2 Å². The molecule has 5 heteroatoms. The SMILES string of the molecule is CC1SCCN(c2nc(C3CC3)c(C=O)s2)C1C. The Kier molecular flexibility index (Phi) is 3.36. The summed E-state index contributed by atoms with van der Waals surface area (Å²) in [6, 6.07) is 0.501. The molecular formula is C13H18N2OS2. The van der Waals surface area contributed by atoms with E-state index in [9.17, 15) is 4.79 Å². The van der Waals surface area contributed by atoms with E-state index in [0.29, 0.717) is 17.2 Å². The number of nitrogens with zero attached hydrogens (tertiary/aromatic N) is 2. The summed E-state index contributed by atoms with van der Waals surface area (Å²) in [5.41, 5.74) is 1.06. The lowest BCUT2D eigenvalue weighted by Gasteiger charge is -2.37. The molecule has 0 aromatic carbocycles. The summed E-state index contributed by atoms with van der Waals surface area (Å²) in [7, 11) is 0. The monoisotopic (exact) mass is 282 g/mol. The van der Waals surface area contributed by atoms with Gasteiger partial charge in [-0.05, 0) is 19.8 Å². The third-order valence-electron chi connectivity index (χ3n) is 3.87. The molecule has 2 aliphatic rings. The van der Waals surface area contributed by atoms with E-state index in [1.165, 1.54) is 12.8 Å². The molecule has 2 heterocycles. The molecule has 1 aromatic rings. The highest BCUT2D eigenvalue weighted by Crippen LogP contribution is 2.44. The van der Waals surface area contributed by atoms with Crippen LogP contribution < -0.4 is 4.90 Å². The molecule has 2 unspecified atom stereocenters. The van der Waals surface area contributed by atoms with E-state index in [1.54, 1.807) is 11.3 Å². The molecule has 0 spiro atoms. The number of aldehydes is 1. The van der Waals surface area contributed by atoms with E-state index in [2.05, 4.69) is 18.7 Å². The zero-order chi connectivity index (χ0) is 12.7. The van der Waals surface area contributed by atoms with E-state index in [-0.39, 0.29) is 0 Å². The van der Waals surface area contributed by atoms with Crippen molar-refractivity contribution in [3.8, 4) is 0 Å². The van der Waals surface area contributed by atoms with Crippen LogP contribution in [0.1, 0.15) is 48.0 Å². The maximum Gasteiger partial charge on any atom is 0.186 e. The second kappa shape index (κ2) is 4.85. The fourth-order valence-corrected chi connectivity index (χ4v) is 4.57. The number of carbonyl (C=O) groups excluding carboxylic acids is 1. The van der Waals surface area contributed by atoms with Crippen LogP contribution >= 0.6 is 23.1 Å². The van der Waals surface area contributed by atoms with Gasteiger partial charge in [0.1, 0.15) is 0 Å². The van der Waals surface area contributed by atoms with E-state index >= 15 is 0 Å². The molecule has 2 atom stereocenters. The van der Waals surface area contributed by atoms with Crippen LogP contribution in [0.3, 0.4) is 0 Å². The van der Waals surface area contributed by atoms with Crippen molar-refractivity contribution in [3.63, 3.8) is 0 Å². The fourth-order valence-electron chi connectivity index (χ4n) is 2.39. The Hall–Kier alpha value is -0.550. The highest BCUT2D eigenvalue weighted by molar-refractivity contribution is 8.00. The van der Waals surface area contributed by atoms with Crippen LogP contribution in [0, 0.1) is 0 Å². The highest BCUT2D eigenvalue weighted by atomic mass is 32.2. The Balaban J connectivity index is 1.89. The summed E-state index contributed by atoms with van der Waals surface area (Å²) in [4.78, 5) is 19.1. The minimum atomic E-state index is 0.501. The van der Waals surface area contributed by atoms with Crippen molar-refractivity contribution in [3.05, 3.63) is 10.6 Å². The van der Waals surface area contributed by atoms with Gasteiger partial charge in [-0.15, -0.1) is 0 Å². The van der Waals surface area contributed by atoms with Gasteiger partial charge in [0, 0.05) is 29.5 Å². The smallest absolute Gasteiger partial charge is 0.186 e. The average Bonchev–Trinajstić information content (AvgIpc) is 3.13. The van der Waals surface area contributed by atoms with Crippen LogP contribution in [-0.4, -0.2) is 34.9 Å². The number of anilines is 1. The lowest BCUT2D eigenvalue weighted by Crippen LogP contribution is -2.44. The average molecular weight is 282 g/mol. The molecule has 0 radical (unpaired) electrons. The molecule has 0 N–H and O–H groups in total. The van der Waals surface area contributed by atoms with Crippen molar-refractivity contribution in [2.45, 2.75) is 43.9 Å². The summed E-state index contributed by atoms with van der Waals surface area (Å²) >= 11 is 3.60. The van der Waals surface area contributed by atoms with Gasteiger partial charge in [0.25, 0.3) is 0 Å². The number of rotatable bonds is 3. The van der Waals surface area contributed by atoms with Gasteiger partial charge in [0.05, 0.1) is 10.6 Å². The van der Waals surface area contributed by atoms with Crippen LogP contribution in [-0.2, 0) is 0 Å². The van der Waals surface area contributed by atoms with Crippen molar-refractivity contribution in [2.75, 3.05) is 17.2 Å². The Morgan fingerprint density at radius 2 is 2.17 bits per heavy atom. The summed E-state index contributed by atoms with van der Waals surface area (Å²) in [6.07, 6.45) is 3.39. The number of aromatic nitrogens is 1. The van der Waals surface area contributed by atoms with E-state index in [4.69, 9.17) is 4.98 Å². The van der Waals surface area contributed by atoms with Crippen LogP contribution in [0.5, 0.6) is 0 Å². The van der Waals surface area contributed by atoms with Crippen LogP contribution in [0.4, 0.5) is 5.13 Å². The van der Waals surface area contributed by atoms with Gasteiger partial charge < -0.3 is 4.90 Å². The lowest BCUT2D eigenvalue weighted by molar-refractivity contribution is 0.112. The Morgan fingerprint density at radius 3 is 2.83 bits per heavy atom. The largest absolute Gasteiger partial charge is 0.343 e. The number of thioether (sulfide) groups is 1. The van der Waals surface area contributed by atoms with Gasteiger partial charge in [-0.3, -0.25) is 4.79 Å². The molecular weight excluding hydrogens is 264 g/mol. The standard InChI is InChI=1S/C13H18N2OS2/c1-8-9(2)17-6-5-15(8)13-14-12(10-3-4-10)11(7-16)18-13/h7-10H,3-6H2,1-2H3. The Labute approximate surface area is 116 Å². The summed E-state index contributed by atoms with van der Waals surface area (Å²) in [5, 5.41) is 1.69. The molecule has 3 rings (SSSR count). The Morgan fingerprint density at radius 1 is 1.39 bits per heavy atom. The molecule has 3 nitrogen and oxygen atoms in total. The molecule has 0 amide bonds. The number of hydrogen-bond donors (Lipinski definition) is 0. The van der Waals surface area contributed by atoms with Crippen molar-refractivity contribution < 1.29 is 4.79 Å². The van der Waals surface area contributed by atoms with Crippen molar-refractivity contribution in [1.82, 2.24) is 4.98 Å². The summed E-state index contributed by atoms with van der Waals surface area (Å²) < 4.78 is 0. The molecule has 18 heavy (non-hydrogen) atoms. The van der Waals surface area contributed by atoms with Crippen LogP contribution in [0.25, 0.3) is 0 Å². The zero-order valence-corrected chi connectivity index (χ0v) is 12.4. The molecule has 1 aliphatic heterocycles. The predicted molar refractivity (Wildman–Crippen MR) is 78.2 cm³/mol. The first-order chi connectivity index (χ1) is 8.70. The minimum absolute atomic E-state index is 0.501. The van der Waals surface area contributed by atoms with Crippen molar-refractivity contribution in [1.29, 1.82) is 0 Å². The van der Waals surface area contributed by atoms with Crippen LogP contribution in [0.15, 0.2) is 0 Å². The normalized spacial score (nSPS) is 28.4. The summed E-state index contributed by atoms with van der Waals surface area (Å²) in [5.74, 6) is 1.71. The molecule has 1 saturated carbocycles. The predicted octanol–water partition coefficient (Wildman–Crippen LogP) is 3.16. The molecule has 1 aromatic heterocycles. The van der Waals surface area contributed by atoms with Crippen molar-refractivity contribution in [2.24, 2.45) is 0 Å². The first-order valence-corrected chi connectivity index (χ1v) is 8.41. The first kappa shape index (κ1) is 12.5. The zero-order valence-electron chi connectivity index (χ0n) is 10.8. The maximum absolute atomic E-state index is 11.1. The summed E-state index contributed by atoms with van der Waals surface area (Å²) in [6.45, 7) is 5.58. The molecule has 2 fully saturated rings. The highest BCUT2D eigenvalue weighted by Gasteiger charge is 2.33. The van der Waals surface area contributed by atoms with Gasteiger partial charge >= 0.3 is 0 Å². The van der Waals surface area contributed by atoms with Crippen molar-refractivity contribution >= 4 is 34.5 Å². The number of carbonyl (C=O) groups is 1. The fraction of sp³-hybridized carbons (Fsp3) is 0.692. The Bertz CT molecular complexity index is 456. The maximum atomic E-state index is 11.1. The van der Waals surface area contributed by atoms with E-state index < -0.39 is 0 Å². The molecule has 1 saturated heterocycles. The minimum Gasteiger partial charge on any atom is -0.343 e. The van der Waals surface area contributed by atoms with Gasteiger partial charge in [0.2, 0.25) is 0 Å². The van der Waals surface area contributed by atoms with Gasteiger partial charge in [0.15, 0.2) is 11.4 Å². The lowest BCUT2D eigenvalue weighted by atomic mass is 10.2. The molecule has 0 bridgehead atoms. The number of thiazole rings is 1. The van der Waals surface area contributed by atoms with Gasteiger partial charge in [-0.25, -0.2) is 4.98 Å². The van der Waals surface area contributed by atoms with Gasteiger partial charge in [-0.1, -0.05) is 18.3 Å². The number of hydrogen-bond acceptors (Lipinski definition) is 5. The second-order valence-corrected chi connectivity index (χ2v) is 7.64. The van der Waals surface area contributed by atoms with E-state index in [1.807, 2.05) is 11.8 Å². The molecule has 1 aliphatic carbocycles.